The summed E-state index contributed by atoms with van der Waals surface area (Å²) in [6.45, 7) is 0. The molecule has 0 saturated heterocycles. The molecule has 0 radical (unpaired) electrons. The number of hydrogen-bond donors (Lipinski definition) is 0. The number of nitrogens with zero attached hydrogens (tertiary/aromatic N) is 2. The molecule has 2 aromatic heterocycles. The minimum Gasteiger partial charge on any atom is -0.237 e. The molecule has 0 amide bonds. The van der Waals surface area contributed by atoms with Gasteiger partial charge in [-0.05, 0) is 12.1 Å². The number of fused-ring (bicyclic) bond motifs is 1. The number of pyridine rings is 1. The second-order valence-electron chi connectivity index (χ2n) is 2.69. The van der Waals surface area contributed by atoms with Crippen LogP contribution in [0.5, 0.6) is 0 Å². The maximum absolute atomic E-state index is 11.3. The quantitative estimate of drug-likeness (QED) is 0.721. The van der Waals surface area contributed by atoms with Gasteiger partial charge in [-0.25, -0.2) is 17.4 Å². The zero-order valence-electron chi connectivity index (χ0n) is 6.88. The first-order valence-corrected chi connectivity index (χ1v) is 6.94. The normalized spacial score (nSPS) is 12.1. The Kier molecular flexibility index (Phi) is 2.26. The summed E-state index contributed by atoms with van der Waals surface area (Å²) in [5.74, 6) is 0. The predicted molar refractivity (Wildman–Crippen MR) is 58.8 cm³/mol. The van der Waals surface area contributed by atoms with Crippen molar-refractivity contribution in [3.63, 3.8) is 0 Å². The molecule has 74 valence electrons. The summed E-state index contributed by atoms with van der Waals surface area (Å²) < 4.78 is 23.6. The van der Waals surface area contributed by atoms with Crippen molar-refractivity contribution in [2.75, 3.05) is 0 Å². The van der Waals surface area contributed by atoms with Gasteiger partial charge in [-0.2, -0.15) is 0 Å². The monoisotopic (exact) mass is 248 g/mol. The number of hydrogen-bond acceptors (Lipinski definition) is 3. The van der Waals surface area contributed by atoms with Crippen LogP contribution in [0.3, 0.4) is 0 Å². The van der Waals surface area contributed by atoms with E-state index >= 15 is 0 Å². The first-order chi connectivity index (χ1) is 6.50. The van der Waals surface area contributed by atoms with Gasteiger partial charge in [0.1, 0.15) is 0 Å². The highest BCUT2D eigenvalue weighted by Gasteiger charge is 2.11. The van der Waals surface area contributed by atoms with Gasteiger partial charge < -0.3 is 0 Å². The lowest BCUT2D eigenvalue weighted by molar-refractivity contribution is 0.604. The van der Waals surface area contributed by atoms with Crippen LogP contribution < -0.4 is 0 Å². The summed E-state index contributed by atoms with van der Waals surface area (Å²) in [5, 5.41) is 1.11. The fourth-order valence-electron chi connectivity index (χ4n) is 1.19. The van der Waals surface area contributed by atoms with Gasteiger partial charge in [0.05, 0.1) is 5.02 Å². The van der Waals surface area contributed by atoms with Crippen LogP contribution in [0, 0.1) is 0 Å². The molecule has 14 heavy (non-hydrogen) atoms. The fourth-order valence-corrected chi connectivity index (χ4v) is 2.52. The summed E-state index contributed by atoms with van der Waals surface area (Å²) in [6, 6.07) is 3.23. The molecular weight excluding hydrogens is 243 g/mol. The third-order valence-electron chi connectivity index (χ3n) is 1.78. The molecule has 0 aliphatic rings. The molecule has 1 atom stereocenters. The van der Waals surface area contributed by atoms with Crippen LogP contribution in [0.1, 0.15) is 0 Å². The van der Waals surface area contributed by atoms with E-state index in [1.165, 1.54) is 12.4 Å². The van der Waals surface area contributed by atoms with Gasteiger partial charge in [0.2, 0.25) is 0 Å². The van der Waals surface area contributed by atoms with Crippen LogP contribution in [0.15, 0.2) is 24.5 Å². The van der Waals surface area contributed by atoms with Gasteiger partial charge in [-0.3, -0.25) is 0 Å². The molecular formula is C7H6ClN2O2PS. The average molecular weight is 249 g/mol. The Labute approximate surface area is 87.9 Å². The van der Waals surface area contributed by atoms with Gasteiger partial charge >= 0.3 is 0 Å². The van der Waals surface area contributed by atoms with Crippen molar-refractivity contribution in [1.29, 1.82) is 0 Å². The molecule has 0 aromatic carbocycles. The Balaban J connectivity index is 2.90. The molecule has 7 heteroatoms. The van der Waals surface area contributed by atoms with E-state index in [0.717, 1.165) is 3.97 Å². The summed E-state index contributed by atoms with van der Waals surface area (Å²) in [4.78, 5) is 3.95. The van der Waals surface area contributed by atoms with E-state index < -0.39 is 9.64 Å². The lowest BCUT2D eigenvalue weighted by Crippen LogP contribution is -2.02. The van der Waals surface area contributed by atoms with E-state index in [4.69, 9.17) is 11.6 Å². The van der Waals surface area contributed by atoms with Crippen molar-refractivity contribution in [1.82, 2.24) is 8.96 Å². The maximum Gasteiger partial charge on any atom is 0.250 e. The lowest BCUT2D eigenvalue weighted by atomic mass is 10.3. The molecule has 1 unspecified atom stereocenters. The van der Waals surface area contributed by atoms with E-state index in [2.05, 4.69) is 4.98 Å². The highest BCUT2D eigenvalue weighted by atomic mass is 35.5. The summed E-state index contributed by atoms with van der Waals surface area (Å²) in [7, 11) is -1.63. The highest BCUT2D eigenvalue weighted by molar-refractivity contribution is 8.36. The molecule has 0 fully saturated rings. The summed E-state index contributed by atoms with van der Waals surface area (Å²) in [5.41, 5.74) is 0.340. The number of halogens is 1. The van der Waals surface area contributed by atoms with Gasteiger partial charge in [-0.1, -0.05) is 11.6 Å². The molecule has 2 rings (SSSR count). The Bertz CT molecular complexity index is 593. The second kappa shape index (κ2) is 3.19. The van der Waals surface area contributed by atoms with Crippen molar-refractivity contribution in [2.45, 2.75) is 0 Å². The summed E-state index contributed by atoms with van der Waals surface area (Å²) in [6.07, 6.45) is 2.89. The van der Waals surface area contributed by atoms with E-state index in [1.807, 2.05) is 0 Å². The van der Waals surface area contributed by atoms with Crippen LogP contribution in [0.2, 0.25) is 5.02 Å². The average Bonchev–Trinajstić information content (AvgIpc) is 2.47. The third-order valence-corrected chi connectivity index (χ3v) is 3.63. The maximum atomic E-state index is 11.3. The molecule has 0 bridgehead atoms. The Morgan fingerprint density at radius 2 is 2.14 bits per heavy atom. The highest BCUT2D eigenvalue weighted by Crippen LogP contribution is 2.24. The van der Waals surface area contributed by atoms with Gasteiger partial charge in [0.15, 0.2) is 5.65 Å². The van der Waals surface area contributed by atoms with Crippen molar-refractivity contribution in [2.24, 2.45) is 0 Å². The van der Waals surface area contributed by atoms with Crippen molar-refractivity contribution >= 4 is 40.7 Å². The second-order valence-corrected chi connectivity index (χ2v) is 6.30. The van der Waals surface area contributed by atoms with E-state index in [9.17, 15) is 8.42 Å². The molecule has 0 saturated carbocycles. The van der Waals surface area contributed by atoms with Crippen molar-refractivity contribution < 1.29 is 8.42 Å². The van der Waals surface area contributed by atoms with Crippen LogP contribution in [-0.4, -0.2) is 17.4 Å². The first-order valence-electron chi connectivity index (χ1n) is 3.65. The minimum atomic E-state index is -3.39. The molecule has 4 nitrogen and oxygen atoms in total. The van der Waals surface area contributed by atoms with Crippen LogP contribution in [0.25, 0.3) is 11.0 Å². The molecule has 0 aliphatic heterocycles. The molecule has 0 aliphatic carbocycles. The smallest absolute Gasteiger partial charge is 0.237 e. The molecule has 0 spiro atoms. The van der Waals surface area contributed by atoms with E-state index in [1.54, 1.807) is 20.6 Å². The number of aromatic nitrogens is 2. The summed E-state index contributed by atoms with van der Waals surface area (Å²) >= 11 is 5.87. The Hall–Kier alpha value is -0.640. The topological polar surface area (TPSA) is 52.0 Å². The van der Waals surface area contributed by atoms with E-state index in [0.29, 0.717) is 16.1 Å². The SMILES string of the molecule is O=S(=O)(P)n1ccc2c(Cl)ccnc21. The van der Waals surface area contributed by atoms with Crippen molar-refractivity contribution in [3.8, 4) is 0 Å². The lowest BCUT2D eigenvalue weighted by Gasteiger charge is -2.00. The largest absolute Gasteiger partial charge is 0.250 e. The van der Waals surface area contributed by atoms with Gasteiger partial charge in [0, 0.05) is 26.2 Å². The zero-order valence-corrected chi connectivity index (χ0v) is 9.61. The van der Waals surface area contributed by atoms with Crippen molar-refractivity contribution in [3.05, 3.63) is 29.5 Å². The van der Waals surface area contributed by atoms with Crippen LogP contribution in [0.4, 0.5) is 0 Å². The predicted octanol–water partition coefficient (Wildman–Crippen LogP) is 1.66. The molecule has 2 aromatic rings. The molecule has 2 heterocycles. The van der Waals surface area contributed by atoms with E-state index in [-0.39, 0.29) is 0 Å². The van der Waals surface area contributed by atoms with Gasteiger partial charge in [0.25, 0.3) is 9.64 Å². The number of rotatable bonds is 1. The fraction of sp³-hybridized carbons (Fsp3) is 0. The third kappa shape index (κ3) is 1.52. The zero-order chi connectivity index (χ0) is 10.3. The Morgan fingerprint density at radius 3 is 2.79 bits per heavy atom. The van der Waals surface area contributed by atoms with Gasteiger partial charge in [-0.15, -0.1) is 0 Å². The van der Waals surface area contributed by atoms with Crippen LogP contribution >= 0.6 is 20.0 Å². The minimum absolute atomic E-state index is 0.340. The molecule has 0 N–H and O–H groups in total. The standard InChI is InChI=1S/C7H6ClN2O2PS/c8-6-1-3-9-7-5(6)2-4-10(7)14(11,12)13/h1-4H,13H2. The Morgan fingerprint density at radius 1 is 1.43 bits per heavy atom. The first kappa shape index (κ1) is 9.90. The van der Waals surface area contributed by atoms with Crippen LogP contribution in [-0.2, 0) is 9.64 Å².